The van der Waals surface area contributed by atoms with E-state index in [1.807, 2.05) is 32.9 Å². The van der Waals surface area contributed by atoms with E-state index >= 15 is 17.6 Å². The SMILES string of the molecule is CC(C)(C)P(c1ccc([C@H]2[C@H](B(c3c(F)c(F)c(F)c(F)c3F)c3c(F)c(F)c(F)c(F)c3F)[C@H]3CC[C@]2(C)C3(C)C)cc1)C(C)(C)C. The van der Waals surface area contributed by atoms with Crippen molar-refractivity contribution in [3.05, 3.63) is 88.0 Å². The zero-order valence-corrected chi connectivity index (χ0v) is 29.2. The Morgan fingerprint density at radius 3 is 1.29 bits per heavy atom. The van der Waals surface area contributed by atoms with Gasteiger partial charge in [0.05, 0.1) is 0 Å². The fourth-order valence-electron chi connectivity index (χ4n) is 9.39. The van der Waals surface area contributed by atoms with Gasteiger partial charge in [0.25, 0.3) is 0 Å². The maximum atomic E-state index is 15.7. The third-order valence-corrected chi connectivity index (χ3v) is 14.8. The minimum Gasteiger partial charge on any atom is -0.204 e. The lowest BCUT2D eigenvalue weighted by Gasteiger charge is -2.43. The lowest BCUT2D eigenvalue weighted by Crippen LogP contribution is -2.56. The largest absolute Gasteiger partial charge is 0.229 e. The molecule has 0 aromatic heterocycles. The summed E-state index contributed by atoms with van der Waals surface area (Å²) in [6.45, 7) is 15.9. The molecule has 2 bridgehead atoms. The normalized spacial score (nSPS) is 23.8. The molecule has 0 radical (unpaired) electrons. The second-order valence-electron chi connectivity index (χ2n) is 16.1. The second kappa shape index (κ2) is 11.8. The molecule has 2 aliphatic carbocycles. The van der Waals surface area contributed by atoms with Crippen LogP contribution < -0.4 is 16.2 Å². The van der Waals surface area contributed by atoms with Gasteiger partial charge in [-0.2, -0.15) is 0 Å². The first-order chi connectivity index (χ1) is 21.9. The molecule has 2 aliphatic rings. The summed E-state index contributed by atoms with van der Waals surface area (Å²) in [5.74, 6) is -27.0. The molecule has 2 saturated carbocycles. The van der Waals surface area contributed by atoms with Crippen molar-refractivity contribution in [3.8, 4) is 0 Å². The van der Waals surface area contributed by atoms with Crippen molar-refractivity contribution >= 4 is 30.9 Å². The molecule has 3 aromatic carbocycles. The van der Waals surface area contributed by atoms with E-state index in [0.717, 1.165) is 5.30 Å². The van der Waals surface area contributed by atoms with Crippen molar-refractivity contribution in [2.45, 2.75) is 97.2 Å². The Hall–Kier alpha value is -2.55. The van der Waals surface area contributed by atoms with E-state index in [0.29, 0.717) is 18.4 Å². The van der Waals surface area contributed by atoms with Crippen molar-refractivity contribution < 1.29 is 43.9 Å². The maximum Gasteiger partial charge on any atom is 0.229 e. The van der Waals surface area contributed by atoms with Gasteiger partial charge >= 0.3 is 0 Å². The van der Waals surface area contributed by atoms with Gasteiger partial charge in [-0.15, -0.1) is 0 Å². The maximum absolute atomic E-state index is 15.7. The van der Waals surface area contributed by atoms with Gasteiger partial charge in [0.1, 0.15) is 0 Å². The van der Waals surface area contributed by atoms with Crippen LogP contribution in [0.25, 0.3) is 0 Å². The van der Waals surface area contributed by atoms with E-state index in [4.69, 9.17) is 0 Å². The van der Waals surface area contributed by atoms with E-state index in [-0.39, 0.29) is 10.3 Å². The van der Waals surface area contributed by atoms with Crippen LogP contribution in [0.15, 0.2) is 24.3 Å². The van der Waals surface area contributed by atoms with Crippen molar-refractivity contribution in [3.63, 3.8) is 0 Å². The minimum atomic E-state index is -2.51. The Balaban J connectivity index is 1.85. The molecule has 0 nitrogen and oxygen atoms in total. The lowest BCUT2D eigenvalue weighted by molar-refractivity contribution is 0.134. The van der Waals surface area contributed by atoms with Gasteiger partial charge < -0.3 is 0 Å². The molecule has 3 aromatic rings. The fourth-order valence-corrected chi connectivity index (χ4v) is 13.4. The monoisotopic (exact) mass is 702 g/mol. The molecule has 260 valence electrons. The molecule has 12 heteroatoms. The van der Waals surface area contributed by atoms with E-state index in [1.165, 1.54) is 0 Å². The predicted octanol–water partition coefficient (Wildman–Crippen LogP) is 10.0. The first kappa shape index (κ1) is 36.7. The summed E-state index contributed by atoms with van der Waals surface area (Å²) in [6, 6.07) is 7.44. The summed E-state index contributed by atoms with van der Waals surface area (Å²) >= 11 is 0. The van der Waals surface area contributed by atoms with Crippen molar-refractivity contribution in [2.75, 3.05) is 0 Å². The van der Waals surface area contributed by atoms with Crippen LogP contribution in [0.1, 0.15) is 86.6 Å². The molecule has 4 atom stereocenters. The van der Waals surface area contributed by atoms with Gasteiger partial charge in [-0.05, 0) is 62.5 Å². The van der Waals surface area contributed by atoms with Gasteiger partial charge in [-0.3, -0.25) is 0 Å². The van der Waals surface area contributed by atoms with Gasteiger partial charge in [0.15, 0.2) is 58.2 Å². The summed E-state index contributed by atoms with van der Waals surface area (Å²) in [4.78, 5) is 0. The van der Waals surface area contributed by atoms with Crippen LogP contribution in [-0.2, 0) is 0 Å². The summed E-state index contributed by atoms with van der Waals surface area (Å²) in [5.41, 5.74) is -4.21. The summed E-state index contributed by atoms with van der Waals surface area (Å²) in [5, 5.41) is 0.815. The Morgan fingerprint density at radius 1 is 0.583 bits per heavy atom. The van der Waals surface area contributed by atoms with Crippen molar-refractivity contribution in [1.29, 1.82) is 0 Å². The number of fused-ring (bicyclic) bond motifs is 2. The zero-order valence-electron chi connectivity index (χ0n) is 28.3. The van der Waals surface area contributed by atoms with Crippen LogP contribution in [0, 0.1) is 74.9 Å². The van der Waals surface area contributed by atoms with E-state index in [2.05, 4.69) is 41.5 Å². The lowest BCUT2D eigenvalue weighted by atomic mass is 9.28. The molecule has 5 rings (SSSR count). The number of benzene rings is 3. The molecular formula is C36H38BF10P. The van der Waals surface area contributed by atoms with Crippen LogP contribution in [0.4, 0.5) is 43.9 Å². The summed E-state index contributed by atoms with van der Waals surface area (Å²) in [7, 11) is -0.770. The van der Waals surface area contributed by atoms with Crippen LogP contribution in [-0.4, -0.2) is 17.0 Å². The molecule has 0 unspecified atom stereocenters. The third-order valence-electron chi connectivity index (χ3n) is 11.3. The number of rotatable bonds is 5. The smallest absolute Gasteiger partial charge is 0.204 e. The second-order valence-corrected chi connectivity index (χ2v) is 19.9. The van der Waals surface area contributed by atoms with E-state index in [9.17, 15) is 26.3 Å². The molecule has 0 saturated heterocycles. The van der Waals surface area contributed by atoms with E-state index < -0.39 is 112 Å². The molecule has 2 fully saturated rings. The highest BCUT2D eigenvalue weighted by molar-refractivity contribution is 7.68. The molecule has 0 aliphatic heterocycles. The van der Waals surface area contributed by atoms with Crippen LogP contribution in [0.3, 0.4) is 0 Å². The molecule has 0 spiro atoms. The standard InChI is InChI=1S/C36H38BF10P/c1-33(2,3)48(34(4,5)6)17-12-10-16(11-13-17)19-20(18-14-15-36(19,9)35(18,7)8)37(21-23(38)27(42)31(46)28(43)24(21)39)22-25(40)29(44)32(47)30(45)26(22)41/h10-13,18-20H,14-15H2,1-9H3/t18-,19+,20-,36+/m1/s1. The highest BCUT2D eigenvalue weighted by Gasteiger charge is 2.69. The van der Waals surface area contributed by atoms with E-state index in [1.54, 1.807) is 12.1 Å². The summed E-state index contributed by atoms with van der Waals surface area (Å²) < 4.78 is 151. The molecule has 0 heterocycles. The first-order valence-corrected chi connectivity index (χ1v) is 17.2. The number of halogens is 10. The first-order valence-electron chi connectivity index (χ1n) is 15.8. The summed E-state index contributed by atoms with van der Waals surface area (Å²) in [6.07, 6.45) is 0.856. The van der Waals surface area contributed by atoms with Gasteiger partial charge in [0.2, 0.25) is 6.71 Å². The molecule has 0 amide bonds. The zero-order chi connectivity index (χ0) is 36.2. The van der Waals surface area contributed by atoms with Gasteiger partial charge in [0, 0.05) is 10.9 Å². The Bertz CT molecular complexity index is 1630. The van der Waals surface area contributed by atoms with Gasteiger partial charge in [-0.25, -0.2) is 43.9 Å². The van der Waals surface area contributed by atoms with Crippen LogP contribution >= 0.6 is 7.92 Å². The molecule has 0 N–H and O–H groups in total. The molecule has 48 heavy (non-hydrogen) atoms. The number of hydrogen-bond donors (Lipinski definition) is 0. The number of hydrogen-bond acceptors (Lipinski definition) is 0. The predicted molar refractivity (Wildman–Crippen MR) is 171 cm³/mol. The molecular weight excluding hydrogens is 664 g/mol. The third kappa shape index (κ3) is 5.22. The van der Waals surface area contributed by atoms with Crippen LogP contribution in [0.5, 0.6) is 0 Å². The Labute approximate surface area is 276 Å². The van der Waals surface area contributed by atoms with Crippen molar-refractivity contribution in [1.82, 2.24) is 0 Å². The van der Waals surface area contributed by atoms with Crippen molar-refractivity contribution in [2.24, 2.45) is 16.7 Å². The highest BCUT2D eigenvalue weighted by Crippen LogP contribution is 2.76. The Kier molecular flexibility index (Phi) is 9.01. The average molecular weight is 702 g/mol. The minimum absolute atomic E-state index is 0.110. The Morgan fingerprint density at radius 2 is 0.938 bits per heavy atom. The highest BCUT2D eigenvalue weighted by atomic mass is 31.1. The quantitative estimate of drug-likeness (QED) is 0.0817. The fraction of sp³-hybridized carbons (Fsp3) is 0.500. The topological polar surface area (TPSA) is 0 Å². The van der Waals surface area contributed by atoms with Crippen LogP contribution in [0.2, 0.25) is 5.82 Å². The van der Waals surface area contributed by atoms with Gasteiger partial charge in [-0.1, -0.05) is 94.5 Å². The average Bonchev–Trinajstić information content (AvgIpc) is 3.31.